The summed E-state index contributed by atoms with van der Waals surface area (Å²) in [6.45, 7) is 0.738. The summed E-state index contributed by atoms with van der Waals surface area (Å²) in [6, 6.07) is 16.1. The van der Waals surface area contributed by atoms with E-state index in [1.54, 1.807) is 17.7 Å². The molecule has 33 heavy (non-hydrogen) atoms. The molecule has 4 aromatic rings. The molecule has 172 valence electrons. The zero-order chi connectivity index (χ0) is 23.3. The Labute approximate surface area is 190 Å². The molecule has 2 aromatic carbocycles. The van der Waals surface area contributed by atoms with Gasteiger partial charge in [0.15, 0.2) is 11.5 Å². The summed E-state index contributed by atoms with van der Waals surface area (Å²) in [5, 5.41) is 16.0. The largest absolute Gasteiger partial charge is 0.496 e. The van der Waals surface area contributed by atoms with Gasteiger partial charge in [0.25, 0.3) is 0 Å². The first kappa shape index (κ1) is 22.6. The molecule has 0 amide bonds. The highest BCUT2D eigenvalue weighted by molar-refractivity contribution is 7.89. The Bertz CT molecular complexity index is 1340. The monoisotopic (exact) mass is 470 g/mol. The second-order valence-electron chi connectivity index (χ2n) is 7.20. The number of para-hydroxylation sites is 1. The van der Waals surface area contributed by atoms with Crippen molar-refractivity contribution in [1.29, 1.82) is 0 Å². The van der Waals surface area contributed by atoms with Crippen LogP contribution in [0.15, 0.2) is 65.6 Å². The van der Waals surface area contributed by atoms with Crippen molar-refractivity contribution in [3.8, 4) is 5.75 Å². The van der Waals surface area contributed by atoms with Gasteiger partial charge in [-0.15, -0.1) is 15.3 Å². The van der Waals surface area contributed by atoms with Gasteiger partial charge in [-0.05, 0) is 54.4 Å². The molecule has 2 N–H and O–H groups in total. The van der Waals surface area contributed by atoms with Gasteiger partial charge >= 0.3 is 0 Å². The standard InChI is InChI=1S/C22H23FN6O3S/c1-32-19-5-3-2-4-16(19)12-14-24-20-10-11-21-26-27-22(29(21)28-20)13-15-25-33(30,31)18-8-6-17(23)7-9-18/h2-11,25H,12-15H2,1H3,(H,24,28). The number of hydrogen-bond acceptors (Lipinski definition) is 7. The van der Waals surface area contributed by atoms with Crippen LogP contribution in [0, 0.1) is 5.82 Å². The second-order valence-corrected chi connectivity index (χ2v) is 8.96. The van der Waals surface area contributed by atoms with E-state index < -0.39 is 15.8 Å². The van der Waals surface area contributed by atoms with Gasteiger partial charge in [0, 0.05) is 19.5 Å². The maximum atomic E-state index is 13.0. The second kappa shape index (κ2) is 9.92. The van der Waals surface area contributed by atoms with Crippen molar-refractivity contribution in [2.24, 2.45) is 0 Å². The van der Waals surface area contributed by atoms with Crippen LogP contribution in [0.4, 0.5) is 10.2 Å². The highest BCUT2D eigenvalue weighted by Gasteiger charge is 2.15. The lowest BCUT2D eigenvalue weighted by Gasteiger charge is -2.10. The number of aromatic nitrogens is 4. The van der Waals surface area contributed by atoms with Gasteiger partial charge in [0.05, 0.1) is 12.0 Å². The Morgan fingerprint density at radius 3 is 2.55 bits per heavy atom. The molecule has 0 radical (unpaired) electrons. The van der Waals surface area contributed by atoms with Crippen LogP contribution in [-0.4, -0.2) is 48.4 Å². The van der Waals surface area contributed by atoms with Gasteiger partial charge < -0.3 is 10.1 Å². The van der Waals surface area contributed by atoms with Gasteiger partial charge in [-0.2, -0.15) is 4.52 Å². The fourth-order valence-electron chi connectivity index (χ4n) is 3.31. The number of hydrogen-bond donors (Lipinski definition) is 2. The van der Waals surface area contributed by atoms with Crippen LogP contribution in [0.5, 0.6) is 5.75 Å². The maximum Gasteiger partial charge on any atom is 0.240 e. The summed E-state index contributed by atoms with van der Waals surface area (Å²) in [5.74, 6) is 1.50. The molecule has 4 rings (SSSR count). The van der Waals surface area contributed by atoms with Crippen LogP contribution in [0.2, 0.25) is 0 Å². The van der Waals surface area contributed by atoms with Crippen LogP contribution < -0.4 is 14.8 Å². The lowest BCUT2D eigenvalue weighted by Crippen LogP contribution is -2.26. The van der Waals surface area contributed by atoms with Crippen LogP contribution in [0.1, 0.15) is 11.4 Å². The van der Waals surface area contributed by atoms with E-state index in [4.69, 9.17) is 4.74 Å². The van der Waals surface area contributed by atoms with Crippen LogP contribution in [-0.2, 0) is 22.9 Å². The molecule has 0 saturated heterocycles. The molecule has 0 aliphatic carbocycles. The van der Waals surface area contributed by atoms with Crippen LogP contribution in [0.3, 0.4) is 0 Å². The summed E-state index contributed by atoms with van der Waals surface area (Å²) in [5.41, 5.74) is 1.65. The third-order valence-corrected chi connectivity index (χ3v) is 6.46. The van der Waals surface area contributed by atoms with Crippen molar-refractivity contribution >= 4 is 21.5 Å². The van der Waals surface area contributed by atoms with E-state index >= 15 is 0 Å². The van der Waals surface area contributed by atoms with Gasteiger partial charge in [0.1, 0.15) is 17.4 Å². The van der Waals surface area contributed by atoms with E-state index in [9.17, 15) is 12.8 Å². The molecule has 2 heterocycles. The van der Waals surface area contributed by atoms with Crippen LogP contribution in [0.25, 0.3) is 5.65 Å². The predicted molar refractivity (Wildman–Crippen MR) is 121 cm³/mol. The number of nitrogens with zero attached hydrogens (tertiary/aromatic N) is 4. The molecule has 0 aliphatic rings. The number of nitrogens with one attached hydrogen (secondary N) is 2. The summed E-state index contributed by atoms with van der Waals surface area (Å²) in [6.07, 6.45) is 1.03. The molecule has 9 nitrogen and oxygen atoms in total. The lowest BCUT2D eigenvalue weighted by molar-refractivity contribution is 0.410. The highest BCUT2D eigenvalue weighted by Crippen LogP contribution is 2.18. The average molecular weight is 471 g/mol. The average Bonchev–Trinajstić information content (AvgIpc) is 3.22. The number of fused-ring (bicyclic) bond motifs is 1. The van der Waals surface area contributed by atoms with Crippen molar-refractivity contribution in [3.63, 3.8) is 0 Å². The Hall–Kier alpha value is -3.57. The smallest absolute Gasteiger partial charge is 0.240 e. The maximum absolute atomic E-state index is 13.0. The third kappa shape index (κ3) is 5.44. The molecule has 11 heteroatoms. The Morgan fingerprint density at radius 2 is 1.76 bits per heavy atom. The van der Waals surface area contributed by atoms with Gasteiger partial charge in [-0.3, -0.25) is 0 Å². The number of benzene rings is 2. The van der Waals surface area contributed by atoms with E-state index in [-0.39, 0.29) is 17.9 Å². The van der Waals surface area contributed by atoms with Crippen molar-refractivity contribution in [2.45, 2.75) is 17.7 Å². The minimum Gasteiger partial charge on any atom is -0.496 e. The van der Waals surface area contributed by atoms with Crippen molar-refractivity contribution in [2.75, 3.05) is 25.5 Å². The molecule has 0 bridgehead atoms. The molecule has 0 aliphatic heterocycles. The number of anilines is 1. The number of rotatable bonds is 10. The predicted octanol–water partition coefficient (Wildman–Crippen LogP) is 2.45. The van der Waals surface area contributed by atoms with Crippen molar-refractivity contribution < 1.29 is 17.5 Å². The highest BCUT2D eigenvalue weighted by atomic mass is 32.2. The number of halogens is 1. The van der Waals surface area contributed by atoms with Crippen molar-refractivity contribution in [1.82, 2.24) is 24.5 Å². The first-order valence-electron chi connectivity index (χ1n) is 10.3. The molecule has 0 fully saturated rings. The van der Waals surface area contributed by atoms with Crippen LogP contribution >= 0.6 is 0 Å². The first-order chi connectivity index (χ1) is 16.0. The topological polar surface area (TPSA) is 111 Å². The summed E-state index contributed by atoms with van der Waals surface area (Å²) < 4.78 is 47.2. The number of ether oxygens (including phenoxy) is 1. The number of methoxy groups -OCH3 is 1. The Balaban J connectivity index is 1.38. The van der Waals surface area contributed by atoms with E-state index in [2.05, 4.69) is 25.3 Å². The van der Waals surface area contributed by atoms with Crippen molar-refractivity contribution in [3.05, 3.63) is 77.9 Å². The zero-order valence-corrected chi connectivity index (χ0v) is 18.7. The van der Waals surface area contributed by atoms with E-state index in [1.807, 2.05) is 30.3 Å². The fraction of sp³-hybridized carbons (Fsp3) is 0.227. The lowest BCUT2D eigenvalue weighted by atomic mass is 10.1. The van der Waals surface area contributed by atoms with Gasteiger partial charge in [-0.25, -0.2) is 17.5 Å². The normalized spacial score (nSPS) is 11.6. The molecule has 0 spiro atoms. The molecular formula is C22H23FN6O3S. The minimum absolute atomic E-state index is 0.00495. The summed E-state index contributed by atoms with van der Waals surface area (Å²) >= 11 is 0. The van der Waals surface area contributed by atoms with E-state index in [0.29, 0.717) is 23.8 Å². The molecule has 0 unspecified atom stereocenters. The summed E-state index contributed by atoms with van der Waals surface area (Å²) in [7, 11) is -2.11. The quantitative estimate of drug-likeness (QED) is 0.366. The van der Waals surface area contributed by atoms with Gasteiger partial charge in [-0.1, -0.05) is 18.2 Å². The first-order valence-corrected chi connectivity index (χ1v) is 11.8. The fourth-order valence-corrected chi connectivity index (χ4v) is 4.34. The SMILES string of the molecule is COc1ccccc1CCNc1ccc2nnc(CCNS(=O)(=O)c3ccc(F)cc3)n2n1. The Morgan fingerprint density at radius 1 is 0.970 bits per heavy atom. The molecule has 0 atom stereocenters. The van der Waals surface area contributed by atoms with E-state index in [0.717, 1.165) is 29.9 Å². The number of sulfonamides is 1. The molecular weight excluding hydrogens is 447 g/mol. The molecule has 0 saturated carbocycles. The Kier molecular flexibility index (Phi) is 6.80. The zero-order valence-electron chi connectivity index (χ0n) is 17.9. The van der Waals surface area contributed by atoms with Gasteiger partial charge in [0.2, 0.25) is 10.0 Å². The third-order valence-electron chi connectivity index (χ3n) is 4.98. The molecule has 2 aromatic heterocycles. The summed E-state index contributed by atoms with van der Waals surface area (Å²) in [4.78, 5) is -0.00495. The minimum atomic E-state index is -3.75. The van der Waals surface area contributed by atoms with E-state index in [1.165, 1.54) is 12.1 Å².